The van der Waals surface area contributed by atoms with Crippen LogP contribution in [0.15, 0.2) is 51.4 Å². The lowest BCUT2D eigenvalue weighted by atomic mass is 10.1. The van der Waals surface area contributed by atoms with E-state index in [1.54, 1.807) is 0 Å². The van der Waals surface area contributed by atoms with Crippen molar-refractivity contribution in [2.24, 2.45) is 0 Å². The van der Waals surface area contributed by atoms with Crippen LogP contribution in [0.5, 0.6) is 0 Å². The van der Waals surface area contributed by atoms with Crippen LogP contribution in [0.2, 0.25) is 0 Å². The molecule has 0 spiro atoms. The predicted molar refractivity (Wildman–Crippen MR) is 84.1 cm³/mol. The molecule has 0 bridgehead atoms. The zero-order valence-corrected chi connectivity index (χ0v) is 13.8. The SMILES string of the molecule is C[C@H](NC(=O)c1ccc(F)c(Br)c1)c1ccc(Br)cc1. The first-order valence-electron chi connectivity index (χ1n) is 5.99. The molecular formula is C15H12Br2FNO. The molecule has 0 aromatic heterocycles. The van der Waals surface area contributed by atoms with Crippen LogP contribution >= 0.6 is 31.9 Å². The Morgan fingerprint density at radius 3 is 2.40 bits per heavy atom. The Balaban J connectivity index is 2.10. The first-order chi connectivity index (χ1) is 9.47. The Morgan fingerprint density at radius 1 is 1.15 bits per heavy atom. The summed E-state index contributed by atoms with van der Waals surface area (Å²) in [6.07, 6.45) is 0. The number of benzene rings is 2. The minimum absolute atomic E-state index is 0.126. The average molecular weight is 401 g/mol. The van der Waals surface area contributed by atoms with E-state index in [0.717, 1.165) is 10.0 Å². The van der Waals surface area contributed by atoms with Crippen molar-refractivity contribution in [3.05, 3.63) is 68.4 Å². The monoisotopic (exact) mass is 399 g/mol. The van der Waals surface area contributed by atoms with E-state index < -0.39 is 0 Å². The van der Waals surface area contributed by atoms with Crippen LogP contribution < -0.4 is 5.32 Å². The number of halogens is 3. The minimum atomic E-state index is -0.387. The molecule has 104 valence electrons. The first-order valence-corrected chi connectivity index (χ1v) is 7.57. The molecule has 0 saturated carbocycles. The summed E-state index contributed by atoms with van der Waals surface area (Å²) < 4.78 is 14.4. The van der Waals surface area contributed by atoms with Crippen molar-refractivity contribution in [2.75, 3.05) is 0 Å². The highest BCUT2D eigenvalue weighted by Crippen LogP contribution is 2.19. The number of carbonyl (C=O) groups is 1. The van der Waals surface area contributed by atoms with Crippen LogP contribution in [-0.2, 0) is 0 Å². The molecule has 0 fully saturated rings. The molecular weight excluding hydrogens is 389 g/mol. The second-order valence-corrected chi connectivity index (χ2v) is 6.15. The molecule has 2 aromatic carbocycles. The minimum Gasteiger partial charge on any atom is -0.346 e. The summed E-state index contributed by atoms with van der Waals surface area (Å²) in [5.41, 5.74) is 1.42. The molecule has 2 aromatic rings. The number of hydrogen-bond donors (Lipinski definition) is 1. The molecule has 0 aliphatic rings. The van der Waals surface area contributed by atoms with Crippen molar-refractivity contribution in [3.8, 4) is 0 Å². The largest absolute Gasteiger partial charge is 0.346 e. The highest BCUT2D eigenvalue weighted by Gasteiger charge is 2.12. The van der Waals surface area contributed by atoms with E-state index in [2.05, 4.69) is 37.2 Å². The van der Waals surface area contributed by atoms with E-state index in [4.69, 9.17) is 0 Å². The van der Waals surface area contributed by atoms with E-state index in [0.29, 0.717) is 5.56 Å². The van der Waals surface area contributed by atoms with Crippen molar-refractivity contribution < 1.29 is 9.18 Å². The fourth-order valence-corrected chi connectivity index (χ4v) is 2.40. The van der Waals surface area contributed by atoms with Crippen molar-refractivity contribution >= 4 is 37.8 Å². The molecule has 1 N–H and O–H groups in total. The number of amides is 1. The van der Waals surface area contributed by atoms with Crippen LogP contribution in [0.3, 0.4) is 0 Å². The van der Waals surface area contributed by atoms with E-state index in [1.807, 2.05) is 31.2 Å². The molecule has 1 amide bonds. The Morgan fingerprint density at radius 2 is 1.80 bits per heavy atom. The van der Waals surface area contributed by atoms with E-state index in [-0.39, 0.29) is 22.2 Å². The molecule has 0 radical (unpaired) electrons. The van der Waals surface area contributed by atoms with Gasteiger partial charge in [0.15, 0.2) is 0 Å². The maximum atomic E-state index is 13.1. The smallest absolute Gasteiger partial charge is 0.251 e. The standard InChI is InChI=1S/C15H12Br2FNO/c1-9(10-2-5-12(16)6-3-10)19-15(20)11-4-7-14(18)13(17)8-11/h2-9H,1H3,(H,19,20)/t9-/m0/s1. The zero-order valence-electron chi connectivity index (χ0n) is 10.7. The van der Waals surface area contributed by atoms with Gasteiger partial charge >= 0.3 is 0 Å². The van der Waals surface area contributed by atoms with Gasteiger partial charge in [0.1, 0.15) is 5.82 Å². The number of hydrogen-bond acceptors (Lipinski definition) is 1. The van der Waals surface area contributed by atoms with Gasteiger partial charge in [0.25, 0.3) is 5.91 Å². The van der Waals surface area contributed by atoms with Crippen molar-refractivity contribution in [1.82, 2.24) is 5.32 Å². The molecule has 1 atom stereocenters. The van der Waals surface area contributed by atoms with E-state index in [9.17, 15) is 9.18 Å². The number of nitrogens with one attached hydrogen (secondary N) is 1. The van der Waals surface area contributed by atoms with Crippen LogP contribution in [0.1, 0.15) is 28.9 Å². The van der Waals surface area contributed by atoms with Gasteiger partial charge in [-0.15, -0.1) is 0 Å². The highest BCUT2D eigenvalue weighted by atomic mass is 79.9. The Hall–Kier alpha value is -1.20. The van der Waals surface area contributed by atoms with Crippen molar-refractivity contribution in [3.63, 3.8) is 0 Å². The van der Waals surface area contributed by atoms with Crippen LogP contribution in [0, 0.1) is 5.82 Å². The summed E-state index contributed by atoms with van der Waals surface area (Å²) in [7, 11) is 0. The van der Waals surface area contributed by atoms with E-state index in [1.165, 1.54) is 18.2 Å². The summed E-state index contributed by atoms with van der Waals surface area (Å²) >= 11 is 6.44. The molecule has 0 aliphatic heterocycles. The third-order valence-electron chi connectivity index (χ3n) is 2.90. The maximum Gasteiger partial charge on any atom is 0.251 e. The fraction of sp³-hybridized carbons (Fsp3) is 0.133. The second-order valence-electron chi connectivity index (χ2n) is 4.38. The topological polar surface area (TPSA) is 29.1 Å². The molecule has 0 unspecified atom stereocenters. The first kappa shape index (κ1) is 15.2. The lowest BCUT2D eigenvalue weighted by Crippen LogP contribution is -2.26. The molecule has 0 saturated heterocycles. The summed E-state index contributed by atoms with van der Waals surface area (Å²) in [4.78, 5) is 12.1. The fourth-order valence-electron chi connectivity index (χ4n) is 1.75. The maximum absolute atomic E-state index is 13.1. The molecule has 2 rings (SSSR count). The van der Waals surface area contributed by atoms with Crippen molar-refractivity contribution in [2.45, 2.75) is 13.0 Å². The summed E-state index contributed by atoms with van der Waals surface area (Å²) in [5.74, 6) is -0.622. The lowest BCUT2D eigenvalue weighted by molar-refractivity contribution is 0.0940. The Kier molecular flexibility index (Phi) is 4.94. The third kappa shape index (κ3) is 3.67. The average Bonchev–Trinajstić information content (AvgIpc) is 2.42. The molecule has 0 heterocycles. The zero-order chi connectivity index (χ0) is 14.7. The Bertz CT molecular complexity index is 628. The summed E-state index contributed by atoms with van der Waals surface area (Å²) in [6, 6.07) is 11.8. The predicted octanol–water partition coefficient (Wildman–Crippen LogP) is 4.84. The summed E-state index contributed by atoms with van der Waals surface area (Å²) in [6.45, 7) is 1.90. The molecule has 0 aliphatic carbocycles. The molecule has 20 heavy (non-hydrogen) atoms. The van der Waals surface area contributed by atoms with Gasteiger partial charge < -0.3 is 5.32 Å². The normalized spacial score (nSPS) is 12.0. The van der Waals surface area contributed by atoms with Crippen LogP contribution in [-0.4, -0.2) is 5.91 Å². The second kappa shape index (κ2) is 6.50. The Labute approximate surface area is 133 Å². The van der Waals surface area contributed by atoms with E-state index >= 15 is 0 Å². The summed E-state index contributed by atoms with van der Waals surface area (Å²) in [5, 5.41) is 2.88. The van der Waals surface area contributed by atoms with Gasteiger partial charge in [-0.3, -0.25) is 4.79 Å². The quantitative estimate of drug-likeness (QED) is 0.784. The van der Waals surface area contributed by atoms with Gasteiger partial charge in [0.05, 0.1) is 10.5 Å². The van der Waals surface area contributed by atoms with Gasteiger partial charge in [0.2, 0.25) is 0 Å². The molecule has 5 heteroatoms. The van der Waals surface area contributed by atoms with Crippen LogP contribution in [0.4, 0.5) is 4.39 Å². The number of rotatable bonds is 3. The molecule has 2 nitrogen and oxygen atoms in total. The van der Waals surface area contributed by atoms with Gasteiger partial charge in [-0.05, 0) is 58.7 Å². The lowest BCUT2D eigenvalue weighted by Gasteiger charge is -2.14. The third-order valence-corrected chi connectivity index (χ3v) is 4.04. The highest BCUT2D eigenvalue weighted by molar-refractivity contribution is 9.10. The van der Waals surface area contributed by atoms with Gasteiger partial charge in [0, 0.05) is 10.0 Å². The number of carbonyl (C=O) groups excluding carboxylic acids is 1. The van der Waals surface area contributed by atoms with Gasteiger partial charge in [-0.1, -0.05) is 28.1 Å². The van der Waals surface area contributed by atoms with Gasteiger partial charge in [-0.2, -0.15) is 0 Å². The van der Waals surface area contributed by atoms with Crippen LogP contribution in [0.25, 0.3) is 0 Å². The van der Waals surface area contributed by atoms with Crippen molar-refractivity contribution in [1.29, 1.82) is 0 Å². The van der Waals surface area contributed by atoms with Gasteiger partial charge in [-0.25, -0.2) is 4.39 Å².